The summed E-state index contributed by atoms with van der Waals surface area (Å²) < 4.78 is 0. The lowest BCUT2D eigenvalue weighted by molar-refractivity contribution is -0.145. The Balaban J connectivity index is 1.82. The van der Waals surface area contributed by atoms with E-state index in [1.807, 2.05) is 4.90 Å². The molecule has 2 aliphatic rings. The molecule has 1 atom stereocenters. The van der Waals surface area contributed by atoms with E-state index < -0.39 is 5.41 Å². The molecule has 0 unspecified atom stereocenters. The van der Waals surface area contributed by atoms with Crippen LogP contribution in [0.3, 0.4) is 0 Å². The highest BCUT2D eigenvalue weighted by molar-refractivity contribution is 5.97. The van der Waals surface area contributed by atoms with Crippen molar-refractivity contribution in [3.63, 3.8) is 0 Å². The summed E-state index contributed by atoms with van der Waals surface area (Å²) in [5, 5.41) is 0. The summed E-state index contributed by atoms with van der Waals surface area (Å²) in [5.41, 5.74) is 1.24. The number of piperidine rings is 1. The van der Waals surface area contributed by atoms with E-state index in [1.54, 1.807) is 18.7 Å². The maximum absolute atomic E-state index is 13.0. The number of nitrogens with zero attached hydrogens (tertiary/aromatic N) is 2. The SMILES string of the molecule is CCCN1CCC[C@]2(CCN(C(=O)c3c(C)cc(=O)[nH]c3C)C2)C1=O. The first kappa shape index (κ1) is 17.7. The van der Waals surface area contributed by atoms with Crippen LogP contribution < -0.4 is 5.56 Å². The van der Waals surface area contributed by atoms with Crippen LogP contribution in [0.4, 0.5) is 0 Å². The van der Waals surface area contributed by atoms with Crippen LogP contribution >= 0.6 is 0 Å². The number of rotatable bonds is 3. The zero-order chi connectivity index (χ0) is 18.2. The van der Waals surface area contributed by atoms with Gasteiger partial charge >= 0.3 is 0 Å². The number of likely N-dealkylation sites (tertiary alicyclic amines) is 2. The Labute approximate surface area is 148 Å². The number of aryl methyl sites for hydroxylation is 2. The van der Waals surface area contributed by atoms with Crippen molar-refractivity contribution in [3.8, 4) is 0 Å². The van der Waals surface area contributed by atoms with Crippen LogP contribution in [0, 0.1) is 19.3 Å². The van der Waals surface area contributed by atoms with Gasteiger partial charge in [0.25, 0.3) is 5.91 Å². The minimum atomic E-state index is -0.410. The third-order valence-electron chi connectivity index (χ3n) is 5.60. The highest BCUT2D eigenvalue weighted by atomic mass is 16.2. The molecule has 136 valence electrons. The van der Waals surface area contributed by atoms with E-state index in [9.17, 15) is 14.4 Å². The Bertz CT molecular complexity index is 727. The zero-order valence-corrected chi connectivity index (χ0v) is 15.4. The molecule has 1 spiro atoms. The molecule has 2 saturated heterocycles. The molecule has 1 N–H and O–H groups in total. The number of aromatic amines is 1. The van der Waals surface area contributed by atoms with Gasteiger partial charge in [-0.05, 0) is 45.1 Å². The topological polar surface area (TPSA) is 73.5 Å². The Kier molecular flexibility index (Phi) is 4.71. The van der Waals surface area contributed by atoms with Gasteiger partial charge in [0.1, 0.15) is 0 Å². The fourth-order valence-corrected chi connectivity index (χ4v) is 4.39. The Morgan fingerprint density at radius 1 is 1.24 bits per heavy atom. The highest BCUT2D eigenvalue weighted by Gasteiger charge is 2.49. The van der Waals surface area contributed by atoms with Gasteiger partial charge in [-0.15, -0.1) is 0 Å². The maximum atomic E-state index is 13.0. The molecule has 25 heavy (non-hydrogen) atoms. The average Bonchev–Trinajstić information content (AvgIpc) is 2.96. The molecule has 3 rings (SSSR count). The van der Waals surface area contributed by atoms with Crippen molar-refractivity contribution in [3.05, 3.63) is 33.2 Å². The second-order valence-corrected chi connectivity index (χ2v) is 7.47. The normalized spacial score (nSPS) is 23.6. The van der Waals surface area contributed by atoms with E-state index >= 15 is 0 Å². The Morgan fingerprint density at radius 2 is 2.00 bits per heavy atom. The number of nitrogens with one attached hydrogen (secondary N) is 1. The van der Waals surface area contributed by atoms with Gasteiger partial charge in [-0.3, -0.25) is 14.4 Å². The summed E-state index contributed by atoms with van der Waals surface area (Å²) in [6.07, 6.45) is 3.56. The minimum absolute atomic E-state index is 0.0801. The molecule has 6 nitrogen and oxygen atoms in total. The molecule has 0 aliphatic carbocycles. The predicted molar refractivity (Wildman–Crippen MR) is 95.6 cm³/mol. The zero-order valence-electron chi connectivity index (χ0n) is 15.4. The quantitative estimate of drug-likeness (QED) is 0.909. The lowest BCUT2D eigenvalue weighted by atomic mass is 9.78. The Hall–Kier alpha value is -2.11. The summed E-state index contributed by atoms with van der Waals surface area (Å²) in [7, 11) is 0. The van der Waals surface area contributed by atoms with Crippen molar-refractivity contribution >= 4 is 11.8 Å². The molecule has 0 aromatic carbocycles. The van der Waals surface area contributed by atoms with Crippen LogP contribution in [0.15, 0.2) is 10.9 Å². The van der Waals surface area contributed by atoms with Crippen molar-refractivity contribution in [1.82, 2.24) is 14.8 Å². The van der Waals surface area contributed by atoms with E-state index in [0.29, 0.717) is 29.9 Å². The van der Waals surface area contributed by atoms with Gasteiger partial charge in [-0.1, -0.05) is 6.92 Å². The van der Waals surface area contributed by atoms with Crippen molar-refractivity contribution in [2.45, 2.75) is 46.5 Å². The van der Waals surface area contributed by atoms with E-state index in [1.165, 1.54) is 6.07 Å². The molecule has 2 fully saturated rings. The molecule has 0 bridgehead atoms. The molecule has 1 aromatic heterocycles. The van der Waals surface area contributed by atoms with Gasteiger partial charge in [-0.2, -0.15) is 0 Å². The smallest absolute Gasteiger partial charge is 0.255 e. The molecule has 0 saturated carbocycles. The van der Waals surface area contributed by atoms with Crippen molar-refractivity contribution < 1.29 is 9.59 Å². The molecule has 3 heterocycles. The maximum Gasteiger partial charge on any atom is 0.255 e. The van der Waals surface area contributed by atoms with Gasteiger partial charge in [0.15, 0.2) is 0 Å². The van der Waals surface area contributed by atoms with Gasteiger partial charge in [-0.25, -0.2) is 0 Å². The molecule has 6 heteroatoms. The fourth-order valence-electron chi connectivity index (χ4n) is 4.39. The molecule has 2 amide bonds. The second kappa shape index (κ2) is 6.65. The average molecular weight is 345 g/mol. The van der Waals surface area contributed by atoms with Crippen LogP contribution in [0.1, 0.15) is 54.2 Å². The summed E-state index contributed by atoms with van der Waals surface area (Å²) in [4.78, 5) is 44.0. The standard InChI is InChI=1S/C19H27N3O3/c1-4-8-21-9-5-6-19(18(21)25)7-10-22(12-19)17(24)16-13(2)11-15(23)20-14(16)3/h11H,4-10,12H2,1-3H3,(H,20,23)/t19-/m1/s1. The summed E-state index contributed by atoms with van der Waals surface area (Å²) in [6.45, 7) is 8.34. The molecule has 1 aromatic rings. The monoisotopic (exact) mass is 345 g/mol. The molecule has 2 aliphatic heterocycles. The number of amides is 2. The molecular formula is C19H27N3O3. The third kappa shape index (κ3) is 3.10. The van der Waals surface area contributed by atoms with Crippen molar-refractivity contribution in [2.75, 3.05) is 26.2 Å². The number of pyridine rings is 1. The minimum Gasteiger partial charge on any atom is -0.342 e. The van der Waals surface area contributed by atoms with Gasteiger partial charge < -0.3 is 14.8 Å². The van der Waals surface area contributed by atoms with Gasteiger partial charge in [0.2, 0.25) is 11.5 Å². The number of hydrogen-bond donors (Lipinski definition) is 1. The predicted octanol–water partition coefficient (Wildman–Crippen LogP) is 1.86. The van der Waals surface area contributed by atoms with E-state index in [0.717, 1.165) is 38.8 Å². The number of H-pyrrole nitrogens is 1. The fraction of sp³-hybridized carbons (Fsp3) is 0.632. The first-order valence-corrected chi connectivity index (χ1v) is 9.17. The number of hydrogen-bond acceptors (Lipinski definition) is 3. The van der Waals surface area contributed by atoms with E-state index in [2.05, 4.69) is 11.9 Å². The first-order valence-electron chi connectivity index (χ1n) is 9.17. The van der Waals surface area contributed by atoms with E-state index in [4.69, 9.17) is 0 Å². The lowest BCUT2D eigenvalue weighted by Crippen LogP contribution is -2.50. The summed E-state index contributed by atoms with van der Waals surface area (Å²) in [5.74, 6) is 0.134. The first-order chi connectivity index (χ1) is 11.9. The molecular weight excluding hydrogens is 318 g/mol. The summed E-state index contributed by atoms with van der Waals surface area (Å²) >= 11 is 0. The van der Waals surface area contributed by atoms with Crippen LogP contribution in [0.25, 0.3) is 0 Å². The Morgan fingerprint density at radius 3 is 2.68 bits per heavy atom. The number of carbonyl (C=O) groups is 2. The number of carbonyl (C=O) groups excluding carboxylic acids is 2. The van der Waals surface area contributed by atoms with Crippen LogP contribution in [-0.2, 0) is 4.79 Å². The van der Waals surface area contributed by atoms with Crippen molar-refractivity contribution in [2.24, 2.45) is 5.41 Å². The largest absolute Gasteiger partial charge is 0.342 e. The van der Waals surface area contributed by atoms with Crippen LogP contribution in [0.2, 0.25) is 0 Å². The van der Waals surface area contributed by atoms with E-state index in [-0.39, 0.29) is 17.4 Å². The van der Waals surface area contributed by atoms with Gasteiger partial charge in [0, 0.05) is 37.9 Å². The number of aromatic nitrogens is 1. The summed E-state index contributed by atoms with van der Waals surface area (Å²) in [6, 6.07) is 1.46. The highest BCUT2D eigenvalue weighted by Crippen LogP contribution is 2.40. The van der Waals surface area contributed by atoms with Crippen LogP contribution in [0.5, 0.6) is 0 Å². The van der Waals surface area contributed by atoms with Gasteiger partial charge in [0.05, 0.1) is 11.0 Å². The lowest BCUT2D eigenvalue weighted by Gasteiger charge is -2.39. The molecule has 0 radical (unpaired) electrons. The third-order valence-corrected chi connectivity index (χ3v) is 5.60. The van der Waals surface area contributed by atoms with Crippen molar-refractivity contribution in [1.29, 1.82) is 0 Å². The van der Waals surface area contributed by atoms with Crippen LogP contribution in [-0.4, -0.2) is 52.8 Å². The second-order valence-electron chi connectivity index (χ2n) is 7.47.